The van der Waals surface area contributed by atoms with Crippen LogP contribution in [0.2, 0.25) is 0 Å². The van der Waals surface area contributed by atoms with E-state index in [-0.39, 0.29) is 16.5 Å². The van der Waals surface area contributed by atoms with Crippen LogP contribution < -0.4 is 11.1 Å². The number of nitrogen functional groups attached to an aromatic ring is 1. The average molecular weight is 287 g/mol. The molecule has 1 aliphatic carbocycles. The molecule has 20 heavy (non-hydrogen) atoms. The van der Waals surface area contributed by atoms with E-state index < -0.39 is 11.9 Å². The first-order valence-corrected chi connectivity index (χ1v) is 6.54. The molecule has 0 aliphatic heterocycles. The van der Waals surface area contributed by atoms with Crippen LogP contribution in [0.4, 0.5) is 24.5 Å². The van der Waals surface area contributed by atoms with Gasteiger partial charge in [-0.25, -0.2) is 4.98 Å². The first kappa shape index (κ1) is 14.9. The zero-order valence-electron chi connectivity index (χ0n) is 12.1. The van der Waals surface area contributed by atoms with Crippen molar-refractivity contribution < 1.29 is 13.2 Å². The second-order valence-electron chi connectivity index (χ2n) is 6.53. The molecule has 2 rings (SSSR count). The second kappa shape index (κ2) is 4.27. The number of rotatable bonds is 3. The Morgan fingerprint density at radius 3 is 2.25 bits per heavy atom. The van der Waals surface area contributed by atoms with Gasteiger partial charge in [-0.1, -0.05) is 27.7 Å². The van der Waals surface area contributed by atoms with Gasteiger partial charge in [-0.15, -0.1) is 0 Å². The van der Waals surface area contributed by atoms with E-state index in [1.807, 2.05) is 0 Å². The fourth-order valence-corrected chi connectivity index (χ4v) is 2.83. The van der Waals surface area contributed by atoms with E-state index >= 15 is 0 Å². The fourth-order valence-electron chi connectivity index (χ4n) is 2.83. The Labute approximate surface area is 116 Å². The van der Waals surface area contributed by atoms with Crippen molar-refractivity contribution in [2.45, 2.75) is 33.9 Å². The smallest absolute Gasteiger partial charge is 0.396 e. The highest BCUT2D eigenvalue weighted by Gasteiger charge is 2.64. The molecule has 0 saturated heterocycles. The molecule has 0 aromatic carbocycles. The highest BCUT2D eigenvalue weighted by molar-refractivity contribution is 5.65. The lowest BCUT2D eigenvalue weighted by Gasteiger charge is -2.13. The van der Waals surface area contributed by atoms with Crippen molar-refractivity contribution in [1.29, 1.82) is 0 Å². The third-order valence-corrected chi connectivity index (χ3v) is 5.04. The molecule has 6 heteroatoms. The second-order valence-corrected chi connectivity index (χ2v) is 6.53. The Morgan fingerprint density at radius 2 is 1.80 bits per heavy atom. The average Bonchev–Trinajstić information content (AvgIpc) is 2.67. The van der Waals surface area contributed by atoms with Crippen LogP contribution >= 0.6 is 0 Å². The lowest BCUT2D eigenvalue weighted by atomic mass is 10.0. The van der Waals surface area contributed by atoms with E-state index in [4.69, 9.17) is 5.73 Å². The van der Waals surface area contributed by atoms with Gasteiger partial charge in [0.25, 0.3) is 0 Å². The summed E-state index contributed by atoms with van der Waals surface area (Å²) in [7, 11) is 0. The summed E-state index contributed by atoms with van der Waals surface area (Å²) in [6.07, 6.45) is -3.41. The van der Waals surface area contributed by atoms with Crippen LogP contribution in [0, 0.1) is 16.7 Å². The third-order valence-electron chi connectivity index (χ3n) is 5.04. The number of halogens is 3. The molecular weight excluding hydrogens is 267 g/mol. The van der Waals surface area contributed by atoms with Crippen molar-refractivity contribution in [3.05, 3.63) is 18.0 Å². The molecule has 0 bridgehead atoms. The number of nitrogens with one attached hydrogen (secondary N) is 1. The summed E-state index contributed by atoms with van der Waals surface area (Å²) in [5, 5.41) is 3.03. The summed E-state index contributed by atoms with van der Waals surface area (Å²) in [6, 6.07) is 0.970. The van der Waals surface area contributed by atoms with E-state index in [9.17, 15) is 13.2 Å². The molecule has 1 aromatic heterocycles. The minimum absolute atomic E-state index is 0.175. The highest BCUT2D eigenvalue weighted by atomic mass is 19.4. The van der Waals surface area contributed by atoms with Gasteiger partial charge in [0.15, 0.2) is 0 Å². The zero-order valence-corrected chi connectivity index (χ0v) is 12.1. The van der Waals surface area contributed by atoms with Crippen molar-refractivity contribution in [2.75, 3.05) is 17.6 Å². The lowest BCUT2D eigenvalue weighted by Crippen LogP contribution is -2.13. The number of aromatic nitrogens is 1. The molecule has 0 unspecified atom stereocenters. The predicted molar refractivity (Wildman–Crippen MR) is 73.2 cm³/mol. The van der Waals surface area contributed by atoms with Crippen molar-refractivity contribution in [3.63, 3.8) is 0 Å². The SMILES string of the molecule is CC1(C)C(CNc2cc(C(F)(F)F)ncc2N)C1(C)C. The van der Waals surface area contributed by atoms with Crippen molar-refractivity contribution in [1.82, 2.24) is 4.98 Å². The van der Waals surface area contributed by atoms with Crippen molar-refractivity contribution in [3.8, 4) is 0 Å². The van der Waals surface area contributed by atoms with Gasteiger partial charge in [-0.2, -0.15) is 13.2 Å². The van der Waals surface area contributed by atoms with Gasteiger partial charge in [0.05, 0.1) is 17.6 Å². The van der Waals surface area contributed by atoms with E-state index in [1.165, 1.54) is 0 Å². The molecular formula is C14H20F3N3. The topological polar surface area (TPSA) is 50.9 Å². The highest BCUT2D eigenvalue weighted by Crippen LogP contribution is 2.68. The van der Waals surface area contributed by atoms with Gasteiger partial charge in [0, 0.05) is 6.54 Å². The minimum Gasteiger partial charge on any atom is -0.396 e. The molecule has 3 nitrogen and oxygen atoms in total. The summed E-state index contributed by atoms with van der Waals surface area (Å²) in [6.45, 7) is 9.26. The third kappa shape index (κ3) is 2.31. The molecule has 3 N–H and O–H groups in total. The molecule has 1 saturated carbocycles. The van der Waals surface area contributed by atoms with Crippen LogP contribution in [0.5, 0.6) is 0 Å². The van der Waals surface area contributed by atoms with Crippen molar-refractivity contribution in [2.24, 2.45) is 16.7 Å². The predicted octanol–water partition coefficient (Wildman–Crippen LogP) is 3.78. The lowest BCUT2D eigenvalue weighted by molar-refractivity contribution is -0.141. The molecule has 1 aliphatic rings. The maximum absolute atomic E-state index is 12.6. The monoisotopic (exact) mass is 287 g/mol. The van der Waals surface area contributed by atoms with Gasteiger partial charge in [-0.05, 0) is 22.8 Å². The van der Waals surface area contributed by atoms with Crippen LogP contribution in [-0.2, 0) is 6.18 Å². The fraction of sp³-hybridized carbons (Fsp3) is 0.643. The number of nitrogens with two attached hydrogens (primary N) is 1. The summed E-state index contributed by atoms with van der Waals surface area (Å²) >= 11 is 0. The van der Waals surface area contributed by atoms with Crippen LogP contribution in [0.25, 0.3) is 0 Å². The Morgan fingerprint density at radius 1 is 1.25 bits per heavy atom. The number of hydrogen-bond acceptors (Lipinski definition) is 3. The largest absolute Gasteiger partial charge is 0.433 e. The number of nitrogens with zero attached hydrogens (tertiary/aromatic N) is 1. The van der Waals surface area contributed by atoms with E-state index in [0.29, 0.717) is 18.2 Å². The first-order chi connectivity index (χ1) is 8.98. The standard InChI is InChI=1S/C14H20F3N3/c1-12(2)10(13(12,3)4)7-19-9-5-11(14(15,16)17)20-6-8(9)18/h5-6,10H,7,18H2,1-4H3,(H,19,20). The summed E-state index contributed by atoms with van der Waals surface area (Å²) < 4.78 is 37.9. The summed E-state index contributed by atoms with van der Waals surface area (Å²) in [5.74, 6) is 0.400. The van der Waals surface area contributed by atoms with Crippen LogP contribution in [0.1, 0.15) is 33.4 Å². The molecule has 112 valence electrons. The number of hydrogen-bond donors (Lipinski definition) is 2. The van der Waals surface area contributed by atoms with Crippen LogP contribution in [0.15, 0.2) is 12.3 Å². The Balaban J connectivity index is 2.11. The molecule has 0 spiro atoms. The van der Waals surface area contributed by atoms with Gasteiger partial charge < -0.3 is 11.1 Å². The number of alkyl halides is 3. The minimum atomic E-state index is -4.46. The maximum Gasteiger partial charge on any atom is 0.433 e. The summed E-state index contributed by atoms with van der Waals surface area (Å²) in [4.78, 5) is 3.32. The molecule has 1 aromatic rings. The van der Waals surface area contributed by atoms with E-state index in [0.717, 1.165) is 12.3 Å². The van der Waals surface area contributed by atoms with Gasteiger partial charge >= 0.3 is 6.18 Å². The van der Waals surface area contributed by atoms with Gasteiger partial charge in [0.2, 0.25) is 0 Å². The Kier molecular flexibility index (Phi) is 3.19. The normalized spacial score (nSPS) is 20.8. The first-order valence-electron chi connectivity index (χ1n) is 6.54. The van der Waals surface area contributed by atoms with E-state index in [2.05, 4.69) is 38.0 Å². The maximum atomic E-state index is 12.6. The molecule has 0 amide bonds. The molecule has 0 radical (unpaired) electrons. The Bertz CT molecular complexity index is 507. The van der Waals surface area contributed by atoms with E-state index in [1.54, 1.807) is 0 Å². The van der Waals surface area contributed by atoms with Crippen molar-refractivity contribution >= 4 is 11.4 Å². The molecule has 1 fully saturated rings. The van der Waals surface area contributed by atoms with Crippen LogP contribution in [0.3, 0.4) is 0 Å². The van der Waals surface area contributed by atoms with Gasteiger partial charge in [-0.3, -0.25) is 0 Å². The summed E-state index contributed by atoms with van der Waals surface area (Å²) in [5.41, 5.74) is 5.63. The molecule has 0 atom stereocenters. The molecule has 1 heterocycles. The quantitative estimate of drug-likeness (QED) is 0.889. The van der Waals surface area contributed by atoms with Gasteiger partial charge in [0.1, 0.15) is 5.69 Å². The zero-order chi connectivity index (χ0) is 15.3. The Hall–Kier alpha value is -1.46. The number of anilines is 2. The van der Waals surface area contributed by atoms with Crippen LogP contribution in [-0.4, -0.2) is 11.5 Å². The number of pyridine rings is 1.